The van der Waals surface area contributed by atoms with E-state index in [0.29, 0.717) is 0 Å². The van der Waals surface area contributed by atoms with Crippen LogP contribution in [0.1, 0.15) is 16.7 Å². The molecular formula is C26H31N2OSi+. The van der Waals surface area contributed by atoms with Gasteiger partial charge in [-0.25, -0.2) is 4.58 Å². The van der Waals surface area contributed by atoms with Gasteiger partial charge in [0.15, 0.2) is 5.71 Å². The molecule has 1 aliphatic carbocycles. The van der Waals surface area contributed by atoms with Gasteiger partial charge in [0.2, 0.25) is 0 Å². The summed E-state index contributed by atoms with van der Waals surface area (Å²) >= 11 is 0. The molecule has 0 bridgehead atoms. The zero-order valence-corrected chi connectivity index (χ0v) is 19.8. The number of allylic oxidation sites excluding steroid dienone is 5. The van der Waals surface area contributed by atoms with Crippen molar-refractivity contribution in [2.45, 2.75) is 19.7 Å². The zero-order chi connectivity index (χ0) is 21.6. The van der Waals surface area contributed by atoms with Gasteiger partial charge in [0, 0.05) is 31.9 Å². The molecular weight excluding hydrogens is 384 g/mol. The Morgan fingerprint density at radius 1 is 0.967 bits per heavy atom. The van der Waals surface area contributed by atoms with E-state index in [1.54, 1.807) is 0 Å². The van der Waals surface area contributed by atoms with Crippen molar-refractivity contribution in [2.75, 3.05) is 33.1 Å². The van der Waals surface area contributed by atoms with Gasteiger partial charge in [-0.1, -0.05) is 43.4 Å². The number of anilines is 1. The van der Waals surface area contributed by atoms with E-state index < -0.39 is 8.07 Å². The van der Waals surface area contributed by atoms with E-state index in [0.717, 1.165) is 11.1 Å². The van der Waals surface area contributed by atoms with Crippen molar-refractivity contribution >= 4 is 30.2 Å². The van der Waals surface area contributed by atoms with Crippen LogP contribution in [0.15, 0.2) is 71.5 Å². The van der Waals surface area contributed by atoms with Gasteiger partial charge >= 0.3 is 0 Å². The molecule has 0 aromatic heterocycles. The molecule has 0 spiro atoms. The van der Waals surface area contributed by atoms with Gasteiger partial charge in [-0.2, -0.15) is 0 Å². The number of hydrogen-bond acceptors (Lipinski definition) is 2. The largest absolute Gasteiger partial charge is 0.392 e. The number of benzene rings is 2. The second-order valence-corrected chi connectivity index (χ2v) is 13.4. The zero-order valence-electron chi connectivity index (χ0n) is 18.8. The summed E-state index contributed by atoms with van der Waals surface area (Å²) in [4.78, 5) is 2.18. The van der Waals surface area contributed by atoms with E-state index in [9.17, 15) is 5.11 Å². The van der Waals surface area contributed by atoms with Gasteiger partial charge in [-0.15, -0.1) is 0 Å². The predicted molar refractivity (Wildman–Crippen MR) is 131 cm³/mol. The molecule has 1 N–H and O–H groups in total. The van der Waals surface area contributed by atoms with Crippen molar-refractivity contribution < 1.29 is 9.68 Å². The summed E-state index contributed by atoms with van der Waals surface area (Å²) in [5.41, 5.74) is 8.42. The Labute approximate surface area is 181 Å². The fraction of sp³-hybridized carbons (Fsp3) is 0.269. The predicted octanol–water partition coefficient (Wildman–Crippen LogP) is 3.72. The first-order chi connectivity index (χ1) is 14.3. The molecule has 2 aromatic rings. The third-order valence-electron chi connectivity index (χ3n) is 6.38. The molecule has 2 aliphatic rings. The summed E-state index contributed by atoms with van der Waals surface area (Å²) in [5, 5.41) is 13.0. The Morgan fingerprint density at radius 3 is 2.37 bits per heavy atom. The molecule has 0 saturated carbocycles. The second-order valence-electron chi connectivity index (χ2n) is 9.06. The van der Waals surface area contributed by atoms with Crippen molar-refractivity contribution in [2.24, 2.45) is 0 Å². The standard InChI is InChI=1S/C26H31N2OSi/c1-27(2)19-11-13-22-24(15-19)30(5,6)25-16-20(28(3)4)12-14-23(25)26(22)21-10-8-7-9-18(21)17-29/h7-16,29H,17H2,1-6H3/q+1. The van der Waals surface area contributed by atoms with Crippen LogP contribution in [0.5, 0.6) is 0 Å². The van der Waals surface area contributed by atoms with E-state index in [1.807, 2.05) is 12.1 Å². The van der Waals surface area contributed by atoms with Gasteiger partial charge < -0.3 is 10.0 Å². The highest BCUT2D eigenvalue weighted by atomic mass is 28.3. The van der Waals surface area contributed by atoms with Gasteiger partial charge in [0.05, 0.1) is 6.61 Å². The molecule has 3 nitrogen and oxygen atoms in total. The summed E-state index contributed by atoms with van der Waals surface area (Å²) in [6, 6.07) is 15.1. The molecule has 0 amide bonds. The first-order valence-electron chi connectivity index (χ1n) is 10.5. The molecule has 0 fully saturated rings. The van der Waals surface area contributed by atoms with Crippen LogP contribution < -0.4 is 10.1 Å². The lowest BCUT2D eigenvalue weighted by Crippen LogP contribution is -2.49. The van der Waals surface area contributed by atoms with E-state index >= 15 is 0 Å². The minimum Gasteiger partial charge on any atom is -0.392 e. The lowest BCUT2D eigenvalue weighted by molar-refractivity contribution is -0.462. The van der Waals surface area contributed by atoms with Crippen LogP contribution in [0.4, 0.5) is 5.69 Å². The smallest absolute Gasteiger partial charge is 0.199 e. The third kappa shape index (κ3) is 3.20. The van der Waals surface area contributed by atoms with E-state index in [4.69, 9.17) is 0 Å². The number of aliphatic hydroxyl groups excluding tert-OH is 1. The monoisotopic (exact) mass is 415 g/mol. The Hall–Kier alpha value is -2.69. The van der Waals surface area contributed by atoms with Crippen molar-refractivity contribution in [3.8, 4) is 0 Å². The Kier molecular flexibility index (Phi) is 5.16. The molecule has 1 heterocycles. The fourth-order valence-electron chi connectivity index (χ4n) is 4.57. The van der Waals surface area contributed by atoms with Crippen molar-refractivity contribution in [3.05, 3.63) is 88.2 Å². The van der Waals surface area contributed by atoms with E-state index in [2.05, 4.69) is 99.3 Å². The van der Waals surface area contributed by atoms with Gasteiger partial charge in [0.25, 0.3) is 0 Å². The number of aliphatic hydroxyl groups is 1. The van der Waals surface area contributed by atoms with Crippen molar-refractivity contribution in [3.63, 3.8) is 0 Å². The average Bonchev–Trinajstić information content (AvgIpc) is 2.73. The van der Waals surface area contributed by atoms with Gasteiger partial charge in [0.1, 0.15) is 22.2 Å². The van der Waals surface area contributed by atoms with Crippen LogP contribution in [0.2, 0.25) is 13.1 Å². The number of rotatable bonds is 3. The first-order valence-corrected chi connectivity index (χ1v) is 13.5. The van der Waals surface area contributed by atoms with Crippen LogP contribution in [0.25, 0.3) is 5.57 Å². The lowest BCUT2D eigenvalue weighted by atomic mass is 9.87. The molecule has 154 valence electrons. The molecule has 2 aromatic carbocycles. The summed E-state index contributed by atoms with van der Waals surface area (Å²) in [7, 11) is 6.48. The summed E-state index contributed by atoms with van der Waals surface area (Å²) < 4.78 is 2.18. The van der Waals surface area contributed by atoms with Crippen LogP contribution in [0.3, 0.4) is 0 Å². The Balaban J connectivity index is 2.11. The van der Waals surface area contributed by atoms with Crippen LogP contribution in [-0.2, 0) is 6.61 Å². The third-order valence-corrected chi connectivity index (χ3v) is 9.90. The average molecular weight is 416 g/mol. The van der Waals surface area contributed by atoms with Crippen LogP contribution in [0, 0.1) is 0 Å². The number of nitrogens with zero attached hydrogens (tertiary/aromatic N) is 2. The highest BCUT2D eigenvalue weighted by Crippen LogP contribution is 2.42. The Morgan fingerprint density at radius 2 is 1.70 bits per heavy atom. The van der Waals surface area contributed by atoms with Crippen molar-refractivity contribution in [1.29, 1.82) is 0 Å². The van der Waals surface area contributed by atoms with Gasteiger partial charge in [-0.3, -0.25) is 0 Å². The minimum absolute atomic E-state index is 0.0384. The summed E-state index contributed by atoms with van der Waals surface area (Å²) in [6.45, 7) is 4.95. The van der Waals surface area contributed by atoms with Gasteiger partial charge in [-0.05, 0) is 56.4 Å². The van der Waals surface area contributed by atoms with Crippen LogP contribution in [-0.4, -0.2) is 51.7 Å². The van der Waals surface area contributed by atoms with Crippen molar-refractivity contribution in [1.82, 2.24) is 0 Å². The maximum atomic E-state index is 10.1. The maximum absolute atomic E-state index is 10.1. The second kappa shape index (κ2) is 7.53. The number of fused-ring (bicyclic) bond motifs is 2. The molecule has 0 saturated heterocycles. The van der Waals surface area contributed by atoms with E-state index in [-0.39, 0.29) is 6.61 Å². The maximum Gasteiger partial charge on any atom is 0.199 e. The van der Waals surface area contributed by atoms with E-state index in [1.165, 1.54) is 38.5 Å². The molecule has 0 unspecified atom stereocenters. The molecule has 30 heavy (non-hydrogen) atoms. The minimum atomic E-state index is -1.93. The topological polar surface area (TPSA) is 26.5 Å². The first kappa shape index (κ1) is 20.6. The molecule has 0 radical (unpaired) electrons. The summed E-state index contributed by atoms with van der Waals surface area (Å²) in [5.74, 6) is 0. The lowest BCUT2D eigenvalue weighted by Gasteiger charge is -2.38. The fourth-order valence-corrected chi connectivity index (χ4v) is 7.64. The molecule has 4 heteroatoms. The SMILES string of the molecule is CN(C)c1ccc2c(c1)[Si](C)(C)C1=CC(=[N+](C)C)C=CC1=C2c1ccccc1CO. The highest BCUT2D eigenvalue weighted by Gasteiger charge is 2.40. The van der Waals surface area contributed by atoms with Crippen LogP contribution >= 0.6 is 0 Å². The molecule has 4 rings (SSSR count). The normalized spacial score (nSPS) is 16.8. The highest BCUT2D eigenvalue weighted by molar-refractivity contribution is 6.98. The molecule has 0 atom stereocenters. The quantitative estimate of drug-likeness (QED) is 0.611. The summed E-state index contributed by atoms with van der Waals surface area (Å²) in [6.07, 6.45) is 6.88. The Bertz CT molecular complexity index is 1150. The molecule has 1 aliphatic heterocycles. The number of hydrogen-bond donors (Lipinski definition) is 1.